The molecule has 0 saturated carbocycles. The predicted molar refractivity (Wildman–Crippen MR) is 144 cm³/mol. The topological polar surface area (TPSA) is 130 Å². The third-order valence-electron chi connectivity index (χ3n) is 6.34. The second-order valence-corrected chi connectivity index (χ2v) is 11.1. The first-order valence-electron chi connectivity index (χ1n) is 12.2. The Balaban J connectivity index is 2.54. The van der Waals surface area contributed by atoms with Crippen molar-refractivity contribution in [2.24, 2.45) is 0 Å². The molecule has 2 atom stereocenters. The largest absolute Gasteiger partial charge is 0.352 e. The number of hydrogen-bond donors (Lipinski definition) is 1. The summed E-state index contributed by atoms with van der Waals surface area (Å²) in [6, 6.07) is 10.4. The van der Waals surface area contributed by atoms with E-state index in [1.54, 1.807) is 13.8 Å². The Morgan fingerprint density at radius 1 is 1.05 bits per heavy atom. The number of nitro groups is 1. The van der Waals surface area contributed by atoms with E-state index in [0.29, 0.717) is 18.4 Å². The zero-order valence-corrected chi connectivity index (χ0v) is 23.0. The van der Waals surface area contributed by atoms with Crippen molar-refractivity contribution in [3.63, 3.8) is 0 Å². The van der Waals surface area contributed by atoms with Crippen molar-refractivity contribution in [3.8, 4) is 0 Å². The van der Waals surface area contributed by atoms with E-state index in [-0.39, 0.29) is 29.9 Å². The number of carbonyl (C=O) groups excluding carboxylic acids is 2. The van der Waals surface area contributed by atoms with Crippen molar-refractivity contribution < 1.29 is 22.9 Å². The van der Waals surface area contributed by atoms with Crippen LogP contribution in [0.15, 0.2) is 42.5 Å². The number of anilines is 1. The van der Waals surface area contributed by atoms with Crippen LogP contribution in [-0.2, 0) is 26.2 Å². The summed E-state index contributed by atoms with van der Waals surface area (Å²) in [5.74, 6) is -0.915. The fourth-order valence-corrected chi connectivity index (χ4v) is 4.81. The molecule has 2 aromatic rings. The van der Waals surface area contributed by atoms with Crippen molar-refractivity contribution in [3.05, 3.63) is 69.3 Å². The number of aryl methyl sites for hydroxylation is 2. The first kappa shape index (κ1) is 29.8. The summed E-state index contributed by atoms with van der Waals surface area (Å²) in [6.07, 6.45) is 1.97. The van der Waals surface area contributed by atoms with Gasteiger partial charge in [0.25, 0.3) is 5.69 Å². The predicted octanol–water partition coefficient (Wildman–Crippen LogP) is 3.70. The standard InChI is InChI=1S/C26H36N4O6S/c1-7-20(5)27-26(32)23(8-2)28(16-21-12-10-9-11-18(21)3)25(31)17-29(37(6,35)36)24-15-22(30(33)34)14-13-19(24)4/h9-15,20,23H,7-8,16-17H2,1-6H3,(H,27,32)/t20-,23-/m1/s1. The molecule has 10 nitrogen and oxygen atoms in total. The minimum atomic E-state index is -4.01. The maximum Gasteiger partial charge on any atom is 0.271 e. The van der Waals surface area contributed by atoms with Gasteiger partial charge in [-0.25, -0.2) is 8.42 Å². The molecule has 202 valence electrons. The second-order valence-electron chi connectivity index (χ2n) is 9.19. The van der Waals surface area contributed by atoms with E-state index >= 15 is 0 Å². The summed E-state index contributed by atoms with van der Waals surface area (Å²) in [4.78, 5) is 39.1. The molecule has 0 heterocycles. The summed E-state index contributed by atoms with van der Waals surface area (Å²) in [5.41, 5.74) is 1.95. The van der Waals surface area contributed by atoms with Crippen LogP contribution in [0.4, 0.5) is 11.4 Å². The van der Waals surface area contributed by atoms with Gasteiger partial charge >= 0.3 is 0 Å². The fraction of sp³-hybridized carbons (Fsp3) is 0.462. The van der Waals surface area contributed by atoms with E-state index < -0.39 is 33.4 Å². The summed E-state index contributed by atoms with van der Waals surface area (Å²) in [6.45, 7) is 8.60. The first-order chi connectivity index (χ1) is 17.3. The number of non-ortho nitro benzene ring substituents is 1. The molecule has 2 amide bonds. The van der Waals surface area contributed by atoms with Gasteiger partial charge in [-0.15, -0.1) is 0 Å². The number of hydrogen-bond acceptors (Lipinski definition) is 6. The normalized spacial score (nSPS) is 12.9. The lowest BCUT2D eigenvalue weighted by atomic mass is 10.1. The quantitative estimate of drug-likeness (QED) is 0.328. The SMILES string of the molecule is CC[C@@H](C)NC(=O)[C@@H](CC)N(Cc1ccccc1C)C(=O)CN(c1cc([N+](=O)[O-])ccc1C)S(C)(=O)=O. The number of carbonyl (C=O) groups is 2. The highest BCUT2D eigenvalue weighted by Crippen LogP contribution is 2.28. The van der Waals surface area contributed by atoms with Gasteiger partial charge in [-0.3, -0.25) is 24.0 Å². The Hall–Kier alpha value is -3.47. The van der Waals surface area contributed by atoms with Gasteiger partial charge in [0.15, 0.2) is 0 Å². The first-order valence-corrected chi connectivity index (χ1v) is 14.0. The Morgan fingerprint density at radius 3 is 2.24 bits per heavy atom. The van der Waals surface area contributed by atoms with Crippen LogP contribution in [0.25, 0.3) is 0 Å². The van der Waals surface area contributed by atoms with Crippen LogP contribution in [0.1, 0.15) is 50.3 Å². The van der Waals surface area contributed by atoms with Gasteiger partial charge in [-0.05, 0) is 50.3 Å². The molecule has 1 N–H and O–H groups in total. The van der Waals surface area contributed by atoms with Gasteiger partial charge in [0.2, 0.25) is 21.8 Å². The van der Waals surface area contributed by atoms with E-state index in [0.717, 1.165) is 27.8 Å². The van der Waals surface area contributed by atoms with Gasteiger partial charge in [0.05, 0.1) is 16.9 Å². The zero-order chi connectivity index (χ0) is 27.9. The van der Waals surface area contributed by atoms with Crippen molar-refractivity contribution in [1.82, 2.24) is 10.2 Å². The van der Waals surface area contributed by atoms with Gasteiger partial charge in [-0.1, -0.05) is 44.2 Å². The number of benzene rings is 2. The smallest absolute Gasteiger partial charge is 0.271 e. The van der Waals surface area contributed by atoms with Crippen LogP contribution in [0, 0.1) is 24.0 Å². The average molecular weight is 533 g/mol. The van der Waals surface area contributed by atoms with Crippen LogP contribution >= 0.6 is 0 Å². The molecule has 0 radical (unpaired) electrons. The second kappa shape index (κ2) is 12.7. The summed E-state index contributed by atoms with van der Waals surface area (Å²) >= 11 is 0. The maximum absolute atomic E-state index is 13.8. The van der Waals surface area contributed by atoms with E-state index in [1.807, 2.05) is 45.0 Å². The minimum Gasteiger partial charge on any atom is -0.352 e. The zero-order valence-electron chi connectivity index (χ0n) is 22.2. The number of nitrogens with one attached hydrogen (secondary N) is 1. The lowest BCUT2D eigenvalue weighted by Crippen LogP contribution is -2.53. The van der Waals surface area contributed by atoms with E-state index in [9.17, 15) is 28.1 Å². The minimum absolute atomic E-state index is 0.0398. The van der Waals surface area contributed by atoms with E-state index in [4.69, 9.17) is 0 Å². The highest BCUT2D eigenvalue weighted by Gasteiger charge is 2.33. The van der Waals surface area contributed by atoms with Crippen molar-refractivity contribution in [1.29, 1.82) is 0 Å². The van der Waals surface area contributed by atoms with Crippen molar-refractivity contribution in [2.75, 3.05) is 17.1 Å². The number of amides is 2. The molecule has 0 saturated heterocycles. The Bertz CT molecular complexity index is 1250. The molecule has 0 aliphatic heterocycles. The van der Waals surface area contributed by atoms with Gasteiger partial charge in [0.1, 0.15) is 12.6 Å². The number of sulfonamides is 1. The van der Waals surface area contributed by atoms with Gasteiger partial charge < -0.3 is 10.2 Å². The molecule has 2 aromatic carbocycles. The lowest BCUT2D eigenvalue weighted by Gasteiger charge is -2.34. The molecular formula is C26H36N4O6S. The van der Waals surface area contributed by atoms with Gasteiger partial charge in [-0.2, -0.15) is 0 Å². The van der Waals surface area contributed by atoms with Crippen LogP contribution in [0.5, 0.6) is 0 Å². The Morgan fingerprint density at radius 2 is 1.70 bits per heavy atom. The molecule has 0 fully saturated rings. The number of rotatable bonds is 12. The summed E-state index contributed by atoms with van der Waals surface area (Å²) in [7, 11) is -4.01. The molecule has 0 aliphatic rings. The molecule has 0 bridgehead atoms. The van der Waals surface area contributed by atoms with Crippen molar-refractivity contribution in [2.45, 2.75) is 66.1 Å². The van der Waals surface area contributed by atoms with Crippen LogP contribution in [0.2, 0.25) is 0 Å². The van der Waals surface area contributed by atoms with E-state index in [1.165, 1.54) is 17.0 Å². The highest BCUT2D eigenvalue weighted by atomic mass is 32.2. The Kier molecular flexibility index (Phi) is 10.2. The van der Waals surface area contributed by atoms with Crippen LogP contribution < -0.4 is 9.62 Å². The number of nitrogens with zero attached hydrogens (tertiary/aromatic N) is 3. The highest BCUT2D eigenvalue weighted by molar-refractivity contribution is 7.92. The molecule has 0 unspecified atom stereocenters. The molecule has 37 heavy (non-hydrogen) atoms. The molecule has 11 heteroatoms. The number of nitro benzene ring substituents is 1. The summed E-state index contributed by atoms with van der Waals surface area (Å²) in [5, 5.41) is 14.3. The third kappa shape index (κ3) is 7.75. The van der Waals surface area contributed by atoms with E-state index in [2.05, 4.69) is 5.32 Å². The average Bonchev–Trinajstić information content (AvgIpc) is 2.82. The van der Waals surface area contributed by atoms with Crippen LogP contribution in [0.3, 0.4) is 0 Å². The van der Waals surface area contributed by atoms with Crippen molar-refractivity contribution >= 4 is 33.2 Å². The lowest BCUT2D eigenvalue weighted by molar-refractivity contribution is -0.384. The van der Waals surface area contributed by atoms with Gasteiger partial charge in [0, 0.05) is 24.7 Å². The molecule has 0 spiro atoms. The molecular weight excluding hydrogens is 496 g/mol. The fourth-order valence-electron chi connectivity index (χ4n) is 3.91. The Labute approximate surface area is 218 Å². The molecule has 0 aliphatic carbocycles. The molecule has 2 rings (SSSR count). The summed E-state index contributed by atoms with van der Waals surface area (Å²) < 4.78 is 26.5. The monoisotopic (exact) mass is 532 g/mol. The third-order valence-corrected chi connectivity index (χ3v) is 7.47. The maximum atomic E-state index is 13.8. The molecule has 0 aromatic heterocycles. The van der Waals surface area contributed by atoms with Crippen LogP contribution in [-0.4, -0.2) is 54.9 Å².